The summed E-state index contributed by atoms with van der Waals surface area (Å²) < 4.78 is 0. The van der Waals surface area contributed by atoms with Crippen molar-refractivity contribution < 1.29 is 5.11 Å². The van der Waals surface area contributed by atoms with Crippen molar-refractivity contribution >= 4 is 0 Å². The third-order valence-corrected chi connectivity index (χ3v) is 4.03. The van der Waals surface area contributed by atoms with E-state index in [1.54, 1.807) is 0 Å². The van der Waals surface area contributed by atoms with Gasteiger partial charge in [0.05, 0.1) is 5.60 Å². The van der Waals surface area contributed by atoms with Gasteiger partial charge in [-0.25, -0.2) is 0 Å². The molecule has 2 heteroatoms. The van der Waals surface area contributed by atoms with E-state index in [0.29, 0.717) is 12.1 Å². The van der Waals surface area contributed by atoms with Crippen molar-refractivity contribution in [1.29, 1.82) is 0 Å². The molecule has 2 bridgehead atoms. The molecule has 2 saturated heterocycles. The van der Waals surface area contributed by atoms with E-state index < -0.39 is 5.60 Å². The topological polar surface area (TPSA) is 23.5 Å². The van der Waals surface area contributed by atoms with Crippen LogP contribution in [0.2, 0.25) is 0 Å². The minimum absolute atomic E-state index is 0.396. The van der Waals surface area contributed by atoms with E-state index in [4.69, 9.17) is 0 Å². The maximum atomic E-state index is 10.4. The molecule has 2 atom stereocenters. The van der Waals surface area contributed by atoms with Crippen molar-refractivity contribution in [3.05, 3.63) is 12.7 Å². The van der Waals surface area contributed by atoms with Crippen LogP contribution < -0.4 is 0 Å². The Labute approximate surface area is 86.6 Å². The second-order valence-electron chi connectivity index (χ2n) is 5.01. The summed E-state index contributed by atoms with van der Waals surface area (Å²) in [5.41, 5.74) is -0.396. The normalized spacial score (nSPS) is 42.7. The maximum Gasteiger partial charge on any atom is 0.0680 e. The number of fused-ring (bicyclic) bond motifs is 2. The molecule has 0 saturated carbocycles. The lowest BCUT2D eigenvalue weighted by Crippen LogP contribution is -2.49. The minimum atomic E-state index is -0.396. The lowest BCUT2D eigenvalue weighted by Gasteiger charge is -2.42. The van der Waals surface area contributed by atoms with E-state index in [-0.39, 0.29) is 0 Å². The van der Waals surface area contributed by atoms with Crippen LogP contribution >= 0.6 is 0 Å². The van der Waals surface area contributed by atoms with Crippen LogP contribution in [0.5, 0.6) is 0 Å². The summed E-state index contributed by atoms with van der Waals surface area (Å²) in [6, 6.07) is 1.26. The summed E-state index contributed by atoms with van der Waals surface area (Å²) in [4.78, 5) is 2.46. The first-order valence-corrected chi connectivity index (χ1v) is 5.70. The number of hydrogen-bond acceptors (Lipinski definition) is 2. The Bertz CT molecular complexity index is 212. The van der Waals surface area contributed by atoms with E-state index in [1.165, 1.54) is 12.8 Å². The highest BCUT2D eigenvalue weighted by molar-refractivity contribution is 5.01. The van der Waals surface area contributed by atoms with Gasteiger partial charge in [-0.05, 0) is 45.6 Å². The van der Waals surface area contributed by atoms with Crippen LogP contribution in [-0.4, -0.2) is 34.7 Å². The monoisotopic (exact) mass is 195 g/mol. The van der Waals surface area contributed by atoms with Gasteiger partial charge in [0.15, 0.2) is 0 Å². The Hall–Kier alpha value is -0.340. The van der Waals surface area contributed by atoms with E-state index in [2.05, 4.69) is 18.5 Å². The SMILES string of the molecule is C=CCCC1(O)CC2CCC(C1)N2C. The molecule has 2 nitrogen and oxygen atoms in total. The smallest absolute Gasteiger partial charge is 0.0680 e. The predicted octanol–water partition coefficient (Wildman–Crippen LogP) is 1.94. The largest absolute Gasteiger partial charge is 0.390 e. The number of nitrogens with zero attached hydrogens (tertiary/aromatic N) is 1. The van der Waals surface area contributed by atoms with Crippen LogP contribution in [0.15, 0.2) is 12.7 Å². The van der Waals surface area contributed by atoms with Gasteiger partial charge in [0.2, 0.25) is 0 Å². The summed E-state index contributed by atoms with van der Waals surface area (Å²) in [6.07, 6.45) is 8.24. The third-order valence-electron chi connectivity index (χ3n) is 4.03. The molecular weight excluding hydrogens is 174 g/mol. The third kappa shape index (κ3) is 1.73. The zero-order valence-electron chi connectivity index (χ0n) is 9.08. The van der Waals surface area contributed by atoms with Crippen LogP contribution in [0, 0.1) is 0 Å². The summed E-state index contributed by atoms with van der Waals surface area (Å²) in [7, 11) is 2.20. The fourth-order valence-corrected chi connectivity index (χ4v) is 3.12. The standard InChI is InChI=1S/C12H21NO/c1-3-4-7-12(14)8-10-5-6-11(9-12)13(10)2/h3,10-11,14H,1,4-9H2,2H3. The number of hydrogen-bond donors (Lipinski definition) is 1. The highest BCUT2D eigenvalue weighted by atomic mass is 16.3. The van der Waals surface area contributed by atoms with Gasteiger partial charge < -0.3 is 10.0 Å². The van der Waals surface area contributed by atoms with Gasteiger partial charge >= 0.3 is 0 Å². The fraction of sp³-hybridized carbons (Fsp3) is 0.833. The summed E-state index contributed by atoms with van der Waals surface area (Å²) >= 11 is 0. The molecule has 2 rings (SSSR count). The lowest BCUT2D eigenvalue weighted by molar-refractivity contribution is -0.0492. The Kier molecular flexibility index (Phi) is 2.67. The van der Waals surface area contributed by atoms with Crippen LogP contribution in [-0.2, 0) is 0 Å². The van der Waals surface area contributed by atoms with Gasteiger partial charge in [-0.15, -0.1) is 6.58 Å². The summed E-state index contributed by atoms with van der Waals surface area (Å²) in [6.45, 7) is 3.72. The molecule has 2 aliphatic rings. The molecule has 1 N–H and O–H groups in total. The Morgan fingerprint density at radius 2 is 2.00 bits per heavy atom. The number of allylic oxidation sites excluding steroid dienone is 1. The molecule has 0 aromatic rings. The van der Waals surface area contributed by atoms with Gasteiger partial charge in [0.25, 0.3) is 0 Å². The Balaban J connectivity index is 2.00. The molecule has 0 spiro atoms. The molecule has 80 valence electrons. The molecule has 0 aliphatic carbocycles. The van der Waals surface area contributed by atoms with E-state index >= 15 is 0 Å². The Morgan fingerprint density at radius 1 is 1.43 bits per heavy atom. The molecule has 2 fully saturated rings. The highest BCUT2D eigenvalue weighted by Crippen LogP contribution is 2.41. The molecular formula is C12H21NO. The van der Waals surface area contributed by atoms with Crippen molar-refractivity contribution in [2.45, 2.75) is 56.2 Å². The van der Waals surface area contributed by atoms with Gasteiger partial charge in [0, 0.05) is 12.1 Å². The van der Waals surface area contributed by atoms with Crippen LogP contribution in [0.1, 0.15) is 38.5 Å². The average Bonchev–Trinajstić information content (AvgIpc) is 2.41. The molecule has 0 radical (unpaired) electrons. The fourth-order valence-electron chi connectivity index (χ4n) is 3.12. The van der Waals surface area contributed by atoms with Crippen molar-refractivity contribution in [3.8, 4) is 0 Å². The highest BCUT2D eigenvalue weighted by Gasteiger charge is 2.45. The van der Waals surface area contributed by atoms with Crippen molar-refractivity contribution in [1.82, 2.24) is 4.90 Å². The molecule has 0 aromatic heterocycles. The van der Waals surface area contributed by atoms with E-state index in [0.717, 1.165) is 25.7 Å². The molecule has 2 heterocycles. The molecule has 0 amide bonds. The number of rotatable bonds is 3. The second-order valence-corrected chi connectivity index (χ2v) is 5.01. The maximum absolute atomic E-state index is 10.4. The first-order valence-electron chi connectivity index (χ1n) is 5.70. The van der Waals surface area contributed by atoms with E-state index in [1.807, 2.05) is 6.08 Å². The van der Waals surface area contributed by atoms with Crippen LogP contribution in [0.3, 0.4) is 0 Å². The lowest BCUT2D eigenvalue weighted by atomic mass is 9.83. The van der Waals surface area contributed by atoms with Gasteiger partial charge in [-0.2, -0.15) is 0 Å². The second kappa shape index (κ2) is 3.67. The number of aliphatic hydroxyl groups is 1. The minimum Gasteiger partial charge on any atom is -0.390 e. The molecule has 0 aromatic carbocycles. The zero-order chi connectivity index (χ0) is 10.2. The zero-order valence-corrected chi connectivity index (χ0v) is 9.08. The Morgan fingerprint density at radius 3 is 2.50 bits per heavy atom. The first kappa shape index (κ1) is 10.2. The summed E-state index contributed by atoms with van der Waals surface area (Å²) in [5.74, 6) is 0. The van der Waals surface area contributed by atoms with Crippen molar-refractivity contribution in [2.24, 2.45) is 0 Å². The molecule has 2 unspecified atom stereocenters. The predicted molar refractivity (Wildman–Crippen MR) is 58.2 cm³/mol. The number of piperidine rings is 1. The molecule has 2 aliphatic heterocycles. The quantitative estimate of drug-likeness (QED) is 0.696. The van der Waals surface area contributed by atoms with Gasteiger partial charge in [-0.3, -0.25) is 0 Å². The van der Waals surface area contributed by atoms with Gasteiger partial charge in [-0.1, -0.05) is 6.08 Å². The summed E-state index contributed by atoms with van der Waals surface area (Å²) in [5, 5.41) is 10.4. The van der Waals surface area contributed by atoms with Gasteiger partial charge in [0.1, 0.15) is 0 Å². The first-order chi connectivity index (χ1) is 6.64. The average molecular weight is 195 g/mol. The van der Waals surface area contributed by atoms with Crippen LogP contribution in [0.4, 0.5) is 0 Å². The van der Waals surface area contributed by atoms with Crippen molar-refractivity contribution in [2.75, 3.05) is 7.05 Å². The van der Waals surface area contributed by atoms with E-state index in [9.17, 15) is 5.11 Å². The van der Waals surface area contributed by atoms with Crippen LogP contribution in [0.25, 0.3) is 0 Å². The van der Waals surface area contributed by atoms with Crippen molar-refractivity contribution in [3.63, 3.8) is 0 Å². The molecule has 14 heavy (non-hydrogen) atoms.